The molecule has 2 rings (SSSR count). The van der Waals surface area contributed by atoms with E-state index in [9.17, 15) is 9.59 Å². The molecule has 4 nitrogen and oxygen atoms in total. The van der Waals surface area contributed by atoms with Gasteiger partial charge in [-0.3, -0.25) is 9.59 Å². The van der Waals surface area contributed by atoms with Gasteiger partial charge in [-0.15, -0.1) is 0 Å². The number of esters is 1. The molecule has 2 aliphatic rings. The molecule has 4 heteroatoms. The number of fused-ring (bicyclic) bond motifs is 1. The Morgan fingerprint density at radius 3 is 2.38 bits per heavy atom. The van der Waals surface area contributed by atoms with Crippen molar-refractivity contribution in [2.45, 2.75) is 98.5 Å². The second-order valence-electron chi connectivity index (χ2n) is 10.2. The average molecular weight is 367 g/mol. The van der Waals surface area contributed by atoms with Gasteiger partial charge in [0.2, 0.25) is 0 Å². The van der Waals surface area contributed by atoms with Crippen LogP contribution in [0.3, 0.4) is 0 Å². The maximum absolute atomic E-state index is 11.8. The smallest absolute Gasteiger partial charge is 0.303 e. The van der Waals surface area contributed by atoms with Crippen LogP contribution in [0.4, 0.5) is 0 Å². The van der Waals surface area contributed by atoms with Gasteiger partial charge in [0.15, 0.2) is 0 Å². The molecule has 26 heavy (non-hydrogen) atoms. The molecule has 0 aromatic rings. The fraction of sp³-hybridized carbons (Fsp3) is 0.909. The third-order valence-corrected chi connectivity index (χ3v) is 7.59. The largest absolute Gasteiger partial charge is 0.481 e. The van der Waals surface area contributed by atoms with Crippen LogP contribution in [0.2, 0.25) is 0 Å². The summed E-state index contributed by atoms with van der Waals surface area (Å²) < 4.78 is 5.93. The number of rotatable bonds is 6. The van der Waals surface area contributed by atoms with E-state index in [4.69, 9.17) is 9.84 Å². The lowest BCUT2D eigenvalue weighted by atomic mass is 9.45. The highest BCUT2D eigenvalue weighted by Gasteiger charge is 2.59. The van der Waals surface area contributed by atoms with Crippen LogP contribution in [0.15, 0.2) is 0 Å². The monoisotopic (exact) mass is 366 g/mol. The van der Waals surface area contributed by atoms with Crippen molar-refractivity contribution in [3.8, 4) is 0 Å². The van der Waals surface area contributed by atoms with E-state index in [1.807, 2.05) is 6.92 Å². The number of aliphatic carboxylic acids is 1. The van der Waals surface area contributed by atoms with Crippen molar-refractivity contribution in [2.75, 3.05) is 0 Å². The summed E-state index contributed by atoms with van der Waals surface area (Å²) in [6.45, 7) is 12.8. The van der Waals surface area contributed by atoms with E-state index in [-0.39, 0.29) is 29.6 Å². The SMILES string of the molecule is CC(=O)O[C@]1(C)CC[C@H]2C(C)(C)CCC[C@]2(C)[C@H]1CC[C@H](C)CC(=O)O. The summed E-state index contributed by atoms with van der Waals surface area (Å²) in [4.78, 5) is 22.9. The first kappa shape index (κ1) is 21.2. The number of hydrogen-bond donors (Lipinski definition) is 1. The highest BCUT2D eigenvalue weighted by atomic mass is 16.6. The van der Waals surface area contributed by atoms with E-state index in [2.05, 4.69) is 27.7 Å². The molecule has 0 aromatic heterocycles. The van der Waals surface area contributed by atoms with Crippen LogP contribution in [0.25, 0.3) is 0 Å². The fourth-order valence-electron chi connectivity index (χ4n) is 6.54. The highest BCUT2D eigenvalue weighted by Crippen LogP contribution is 2.63. The Balaban J connectivity index is 2.29. The normalized spacial score (nSPS) is 37.5. The number of carboxylic acid groups (broad SMARTS) is 1. The van der Waals surface area contributed by atoms with Gasteiger partial charge in [-0.2, -0.15) is 0 Å². The number of carbonyl (C=O) groups is 2. The molecule has 0 radical (unpaired) electrons. The molecular formula is C22H38O4. The van der Waals surface area contributed by atoms with Crippen LogP contribution in [-0.2, 0) is 14.3 Å². The quantitative estimate of drug-likeness (QED) is 0.636. The molecule has 0 bridgehead atoms. The molecule has 5 atom stereocenters. The van der Waals surface area contributed by atoms with Crippen molar-refractivity contribution in [2.24, 2.45) is 28.6 Å². The molecule has 2 aliphatic carbocycles. The molecule has 1 N–H and O–H groups in total. The van der Waals surface area contributed by atoms with Crippen LogP contribution in [0.1, 0.15) is 92.9 Å². The minimum absolute atomic E-state index is 0.146. The number of hydrogen-bond acceptors (Lipinski definition) is 3. The first-order chi connectivity index (χ1) is 11.9. The Labute approximate surface area is 159 Å². The summed E-state index contributed by atoms with van der Waals surface area (Å²) in [5.74, 6) is 0.135. The minimum Gasteiger partial charge on any atom is -0.481 e. The van der Waals surface area contributed by atoms with E-state index in [0.717, 1.165) is 25.7 Å². The summed E-state index contributed by atoms with van der Waals surface area (Å²) in [7, 11) is 0. The maximum Gasteiger partial charge on any atom is 0.303 e. The first-order valence-electron chi connectivity index (χ1n) is 10.3. The summed E-state index contributed by atoms with van der Waals surface area (Å²) >= 11 is 0. The van der Waals surface area contributed by atoms with Crippen LogP contribution < -0.4 is 0 Å². The zero-order valence-electron chi connectivity index (χ0n) is 17.6. The van der Waals surface area contributed by atoms with Gasteiger partial charge in [0.05, 0.1) is 0 Å². The van der Waals surface area contributed by atoms with Crippen molar-refractivity contribution in [1.82, 2.24) is 0 Å². The topological polar surface area (TPSA) is 63.6 Å². The van der Waals surface area contributed by atoms with Crippen molar-refractivity contribution >= 4 is 11.9 Å². The summed E-state index contributed by atoms with van der Waals surface area (Å²) in [6, 6.07) is 0. The number of carboxylic acids is 1. The minimum atomic E-state index is -0.730. The lowest BCUT2D eigenvalue weighted by Crippen LogP contribution is -2.58. The van der Waals surface area contributed by atoms with Crippen molar-refractivity contribution in [1.29, 1.82) is 0 Å². The Hall–Kier alpha value is -1.06. The van der Waals surface area contributed by atoms with Crippen LogP contribution in [0, 0.1) is 28.6 Å². The van der Waals surface area contributed by atoms with Crippen molar-refractivity contribution in [3.05, 3.63) is 0 Å². The Kier molecular flexibility index (Phi) is 6.14. The first-order valence-corrected chi connectivity index (χ1v) is 10.3. The Bertz CT molecular complexity index is 540. The molecule has 0 aromatic carbocycles. The molecule has 2 fully saturated rings. The van der Waals surface area contributed by atoms with Gasteiger partial charge in [-0.25, -0.2) is 0 Å². The average Bonchev–Trinajstić information content (AvgIpc) is 2.43. The molecule has 0 heterocycles. The molecule has 0 aliphatic heterocycles. The fourth-order valence-corrected chi connectivity index (χ4v) is 6.54. The molecule has 0 amide bonds. The second-order valence-corrected chi connectivity index (χ2v) is 10.2. The molecule has 0 unspecified atom stereocenters. The van der Waals surface area contributed by atoms with Gasteiger partial charge in [0.1, 0.15) is 5.60 Å². The zero-order valence-corrected chi connectivity index (χ0v) is 17.6. The van der Waals surface area contributed by atoms with Crippen LogP contribution in [-0.4, -0.2) is 22.6 Å². The third kappa shape index (κ3) is 4.26. The molecule has 2 saturated carbocycles. The van der Waals surface area contributed by atoms with E-state index < -0.39 is 11.6 Å². The number of carbonyl (C=O) groups excluding carboxylic acids is 1. The van der Waals surface area contributed by atoms with Gasteiger partial charge in [-0.05, 0) is 68.1 Å². The van der Waals surface area contributed by atoms with Crippen LogP contribution in [0.5, 0.6) is 0 Å². The van der Waals surface area contributed by atoms with Gasteiger partial charge < -0.3 is 9.84 Å². The summed E-state index contributed by atoms with van der Waals surface area (Å²) in [5.41, 5.74) is 0.0239. The van der Waals surface area contributed by atoms with E-state index in [1.165, 1.54) is 26.2 Å². The molecule has 0 spiro atoms. The number of ether oxygens (including phenoxy) is 1. The predicted molar refractivity (Wildman–Crippen MR) is 103 cm³/mol. The Morgan fingerprint density at radius 1 is 1.15 bits per heavy atom. The van der Waals surface area contributed by atoms with Crippen molar-refractivity contribution < 1.29 is 19.4 Å². The van der Waals surface area contributed by atoms with Crippen LogP contribution >= 0.6 is 0 Å². The lowest BCUT2D eigenvalue weighted by Gasteiger charge is -2.62. The summed E-state index contributed by atoms with van der Waals surface area (Å²) in [6.07, 6.45) is 7.69. The Morgan fingerprint density at radius 2 is 1.81 bits per heavy atom. The van der Waals surface area contributed by atoms with Gasteiger partial charge >= 0.3 is 11.9 Å². The second kappa shape index (κ2) is 7.52. The van der Waals surface area contributed by atoms with E-state index >= 15 is 0 Å². The van der Waals surface area contributed by atoms with Gasteiger partial charge in [0.25, 0.3) is 0 Å². The van der Waals surface area contributed by atoms with E-state index in [0.29, 0.717) is 11.3 Å². The zero-order chi connectivity index (χ0) is 19.8. The molecular weight excluding hydrogens is 328 g/mol. The predicted octanol–water partition coefficient (Wildman–Crippen LogP) is 5.44. The maximum atomic E-state index is 11.8. The van der Waals surface area contributed by atoms with Gasteiger partial charge in [0, 0.05) is 19.3 Å². The van der Waals surface area contributed by atoms with Crippen molar-refractivity contribution in [3.63, 3.8) is 0 Å². The molecule has 0 saturated heterocycles. The van der Waals surface area contributed by atoms with E-state index in [1.54, 1.807) is 0 Å². The molecule has 150 valence electrons. The standard InChI is InChI=1S/C22H38O4/c1-15(14-19(24)25)8-9-18-21(5)12-7-11-20(3,4)17(21)10-13-22(18,6)26-16(2)23/h15,17-18H,7-14H2,1-6H3,(H,24,25)/t15-,17-,18+,21-,22+/m0/s1. The highest BCUT2D eigenvalue weighted by molar-refractivity contribution is 5.67. The summed E-state index contributed by atoms with van der Waals surface area (Å²) in [5, 5.41) is 9.08. The third-order valence-electron chi connectivity index (χ3n) is 7.59. The lowest BCUT2D eigenvalue weighted by molar-refractivity contribution is -0.199. The van der Waals surface area contributed by atoms with Gasteiger partial charge in [-0.1, -0.05) is 34.1 Å².